The zero-order valence-corrected chi connectivity index (χ0v) is 21.4. The van der Waals surface area contributed by atoms with Gasteiger partial charge in [0.05, 0.1) is 40.1 Å². The summed E-state index contributed by atoms with van der Waals surface area (Å²) in [6.07, 6.45) is -0.0313. The molecule has 0 aliphatic rings. The second kappa shape index (κ2) is 11.6. The van der Waals surface area contributed by atoms with Gasteiger partial charge in [0.2, 0.25) is 5.91 Å². The van der Waals surface area contributed by atoms with Crippen molar-refractivity contribution in [1.29, 1.82) is 0 Å². The highest BCUT2D eigenvalue weighted by atomic mass is 35.5. The van der Waals surface area contributed by atoms with Crippen molar-refractivity contribution in [2.45, 2.75) is 31.2 Å². The number of carbonyl (C=O) groups excluding carboxylic acids is 3. The first-order chi connectivity index (χ1) is 16.6. The quantitative estimate of drug-likeness (QED) is 0.383. The summed E-state index contributed by atoms with van der Waals surface area (Å²) in [5, 5.41) is 0.427. The highest BCUT2D eigenvalue weighted by Crippen LogP contribution is 2.20. The number of carbonyl (C=O) groups is 3. The predicted molar refractivity (Wildman–Crippen MR) is 131 cm³/mol. The number of fused-ring (bicyclic) bond motifs is 1. The van der Waals surface area contributed by atoms with Crippen LogP contribution >= 0.6 is 22.9 Å². The summed E-state index contributed by atoms with van der Waals surface area (Å²) in [5.74, 6) is -1.79. The Bertz CT molecular complexity index is 1420. The molecule has 0 radical (unpaired) electrons. The zero-order chi connectivity index (χ0) is 25.6. The summed E-state index contributed by atoms with van der Waals surface area (Å²) in [7, 11) is -2.30. The standard InChI is InChI=1S/C23H23ClN2O7S2/c1-3-33-21(28)14-26-18-11-6-15(22(29)32-2)13-19(18)34-23(26)25-20(27)5-4-12-35(30,31)17-9-7-16(24)8-10-17/h6-11,13H,3-5,12,14H2,1-2H3. The van der Waals surface area contributed by atoms with Crippen molar-refractivity contribution in [3.63, 3.8) is 0 Å². The second-order valence-electron chi connectivity index (χ2n) is 7.33. The number of amides is 1. The van der Waals surface area contributed by atoms with Crippen LogP contribution < -0.4 is 4.80 Å². The van der Waals surface area contributed by atoms with Crippen LogP contribution in [-0.4, -0.2) is 50.3 Å². The van der Waals surface area contributed by atoms with Gasteiger partial charge in [-0.05, 0) is 55.8 Å². The molecule has 0 fully saturated rings. The van der Waals surface area contributed by atoms with E-state index in [1.54, 1.807) is 25.1 Å². The SMILES string of the molecule is CCOC(=O)Cn1c(=NC(=O)CCCS(=O)(=O)c2ccc(Cl)cc2)sc2cc(C(=O)OC)ccc21. The van der Waals surface area contributed by atoms with Gasteiger partial charge in [-0.15, -0.1) is 0 Å². The fraction of sp³-hybridized carbons (Fsp3) is 0.304. The topological polar surface area (TPSA) is 121 Å². The highest BCUT2D eigenvalue weighted by molar-refractivity contribution is 7.91. The van der Waals surface area contributed by atoms with Crippen LogP contribution in [0.2, 0.25) is 5.02 Å². The normalized spacial score (nSPS) is 12.0. The molecule has 35 heavy (non-hydrogen) atoms. The fourth-order valence-corrected chi connectivity index (χ4v) is 5.75. The molecule has 3 rings (SSSR count). The lowest BCUT2D eigenvalue weighted by Crippen LogP contribution is -2.23. The average Bonchev–Trinajstić information content (AvgIpc) is 3.14. The van der Waals surface area contributed by atoms with E-state index in [1.165, 1.54) is 35.9 Å². The van der Waals surface area contributed by atoms with Crippen molar-refractivity contribution in [3.05, 3.63) is 57.9 Å². The van der Waals surface area contributed by atoms with E-state index in [4.69, 9.17) is 21.1 Å². The molecule has 1 heterocycles. The molecule has 9 nitrogen and oxygen atoms in total. The summed E-state index contributed by atoms with van der Waals surface area (Å²) in [5.41, 5.74) is 0.905. The lowest BCUT2D eigenvalue weighted by molar-refractivity contribution is -0.143. The third kappa shape index (κ3) is 6.77. The van der Waals surface area contributed by atoms with Gasteiger partial charge in [0, 0.05) is 11.4 Å². The van der Waals surface area contributed by atoms with E-state index < -0.39 is 27.7 Å². The van der Waals surface area contributed by atoms with Crippen LogP contribution in [0.15, 0.2) is 52.4 Å². The molecule has 1 aromatic heterocycles. The molecule has 0 saturated carbocycles. The molecule has 0 N–H and O–H groups in total. The average molecular weight is 539 g/mol. The Hall–Kier alpha value is -3.02. The number of hydrogen-bond donors (Lipinski definition) is 0. The van der Waals surface area contributed by atoms with Crippen molar-refractivity contribution >= 4 is 60.8 Å². The number of rotatable bonds is 9. The summed E-state index contributed by atoms with van der Waals surface area (Å²) < 4.78 is 36.9. The number of methoxy groups -OCH3 is 1. The van der Waals surface area contributed by atoms with Gasteiger partial charge in [-0.3, -0.25) is 9.59 Å². The Morgan fingerprint density at radius 2 is 1.83 bits per heavy atom. The third-order valence-electron chi connectivity index (χ3n) is 4.89. The number of aromatic nitrogens is 1. The van der Waals surface area contributed by atoms with Crippen molar-refractivity contribution in [3.8, 4) is 0 Å². The van der Waals surface area contributed by atoms with Gasteiger partial charge in [-0.1, -0.05) is 22.9 Å². The Labute approximate surface area is 210 Å². The van der Waals surface area contributed by atoms with Crippen LogP contribution in [-0.2, 0) is 35.4 Å². The van der Waals surface area contributed by atoms with E-state index in [0.29, 0.717) is 20.8 Å². The number of nitrogens with zero attached hydrogens (tertiary/aromatic N) is 2. The minimum atomic E-state index is -3.57. The molecular formula is C23H23ClN2O7S2. The van der Waals surface area contributed by atoms with Crippen LogP contribution in [0, 0.1) is 0 Å². The van der Waals surface area contributed by atoms with Gasteiger partial charge >= 0.3 is 11.9 Å². The van der Waals surface area contributed by atoms with E-state index in [-0.39, 0.29) is 41.4 Å². The lowest BCUT2D eigenvalue weighted by atomic mass is 10.2. The van der Waals surface area contributed by atoms with E-state index in [1.807, 2.05) is 0 Å². The molecule has 0 bridgehead atoms. The number of ether oxygens (including phenoxy) is 2. The second-order valence-corrected chi connectivity index (χ2v) is 10.9. The summed E-state index contributed by atoms with van der Waals surface area (Å²) in [4.78, 5) is 41.1. The number of hydrogen-bond acceptors (Lipinski definition) is 8. The Morgan fingerprint density at radius 3 is 2.49 bits per heavy atom. The maximum atomic E-state index is 12.6. The number of benzene rings is 2. The molecule has 12 heteroatoms. The minimum Gasteiger partial charge on any atom is -0.465 e. The van der Waals surface area contributed by atoms with Gasteiger partial charge in [0.25, 0.3) is 0 Å². The number of esters is 2. The summed E-state index contributed by atoms with van der Waals surface area (Å²) in [6, 6.07) is 10.6. The molecule has 0 aliphatic carbocycles. The summed E-state index contributed by atoms with van der Waals surface area (Å²) >= 11 is 6.92. The van der Waals surface area contributed by atoms with Crippen LogP contribution in [0.5, 0.6) is 0 Å². The molecule has 2 aromatic carbocycles. The largest absolute Gasteiger partial charge is 0.465 e. The number of sulfone groups is 1. The van der Waals surface area contributed by atoms with E-state index in [2.05, 4.69) is 4.99 Å². The highest BCUT2D eigenvalue weighted by Gasteiger charge is 2.17. The van der Waals surface area contributed by atoms with E-state index in [9.17, 15) is 22.8 Å². The Kier molecular flexibility index (Phi) is 8.82. The smallest absolute Gasteiger partial charge is 0.337 e. The predicted octanol–water partition coefficient (Wildman–Crippen LogP) is 3.39. The van der Waals surface area contributed by atoms with E-state index >= 15 is 0 Å². The van der Waals surface area contributed by atoms with Gasteiger partial charge in [0.15, 0.2) is 14.6 Å². The molecule has 0 spiro atoms. The van der Waals surface area contributed by atoms with Crippen LogP contribution in [0.4, 0.5) is 0 Å². The molecule has 186 valence electrons. The first kappa shape index (κ1) is 26.6. The van der Waals surface area contributed by atoms with Crippen molar-refractivity contribution in [1.82, 2.24) is 4.57 Å². The first-order valence-electron chi connectivity index (χ1n) is 10.6. The molecule has 0 atom stereocenters. The molecule has 0 unspecified atom stereocenters. The maximum Gasteiger partial charge on any atom is 0.337 e. The van der Waals surface area contributed by atoms with Crippen LogP contribution in [0.1, 0.15) is 30.1 Å². The zero-order valence-electron chi connectivity index (χ0n) is 19.0. The van der Waals surface area contributed by atoms with Crippen LogP contribution in [0.25, 0.3) is 10.2 Å². The van der Waals surface area contributed by atoms with Gasteiger partial charge in [0.1, 0.15) is 6.54 Å². The molecule has 0 aliphatic heterocycles. The van der Waals surface area contributed by atoms with Crippen molar-refractivity contribution < 1.29 is 32.3 Å². The maximum absolute atomic E-state index is 12.6. The van der Waals surface area contributed by atoms with Gasteiger partial charge in [-0.2, -0.15) is 4.99 Å². The molecule has 3 aromatic rings. The van der Waals surface area contributed by atoms with Gasteiger partial charge in [-0.25, -0.2) is 13.2 Å². The van der Waals surface area contributed by atoms with Gasteiger partial charge < -0.3 is 14.0 Å². The van der Waals surface area contributed by atoms with Crippen molar-refractivity contribution in [2.24, 2.45) is 4.99 Å². The number of halogens is 1. The molecule has 0 saturated heterocycles. The minimum absolute atomic E-state index is 0.0720. The fourth-order valence-electron chi connectivity index (χ4n) is 3.23. The molecule has 1 amide bonds. The monoisotopic (exact) mass is 538 g/mol. The Morgan fingerprint density at radius 1 is 1.11 bits per heavy atom. The van der Waals surface area contributed by atoms with Crippen LogP contribution in [0.3, 0.4) is 0 Å². The van der Waals surface area contributed by atoms with E-state index in [0.717, 1.165) is 11.3 Å². The lowest BCUT2D eigenvalue weighted by Gasteiger charge is -2.06. The molecular weight excluding hydrogens is 516 g/mol. The third-order valence-corrected chi connectivity index (χ3v) is 8.00. The first-order valence-corrected chi connectivity index (χ1v) is 13.4. The Balaban J connectivity index is 1.84. The number of thiazole rings is 1. The van der Waals surface area contributed by atoms with Crippen molar-refractivity contribution in [2.75, 3.05) is 19.5 Å². The summed E-state index contributed by atoms with van der Waals surface area (Å²) in [6.45, 7) is 1.70.